The van der Waals surface area contributed by atoms with Crippen LogP contribution >= 0.6 is 23.6 Å². The van der Waals surface area contributed by atoms with E-state index in [0.717, 1.165) is 29.8 Å². The molecule has 0 atom stereocenters. The van der Waals surface area contributed by atoms with Crippen molar-refractivity contribution in [3.8, 4) is 16.5 Å². The number of thiazole rings is 1. The van der Waals surface area contributed by atoms with Gasteiger partial charge in [0.05, 0.1) is 18.5 Å². The lowest BCUT2D eigenvalue weighted by Gasteiger charge is -2.09. The van der Waals surface area contributed by atoms with Gasteiger partial charge in [0.2, 0.25) is 5.88 Å². The van der Waals surface area contributed by atoms with Crippen LogP contribution in [-0.4, -0.2) is 32.6 Å². The van der Waals surface area contributed by atoms with Crippen LogP contribution in [0.25, 0.3) is 10.6 Å². The maximum atomic E-state index is 12.4. The number of nitrogens with zero attached hydrogens (tertiary/aromatic N) is 3. The van der Waals surface area contributed by atoms with Crippen molar-refractivity contribution in [1.82, 2.24) is 20.3 Å². The van der Waals surface area contributed by atoms with Crippen LogP contribution in [0.1, 0.15) is 36.7 Å². The predicted molar refractivity (Wildman–Crippen MR) is 118 cm³/mol. The average Bonchev–Trinajstić information content (AvgIpc) is 3.23. The number of thiocarbonyl (C=S) groups is 1. The highest BCUT2D eigenvalue weighted by Crippen LogP contribution is 2.22. The first kappa shape index (κ1) is 20.8. The van der Waals surface area contributed by atoms with Gasteiger partial charge < -0.3 is 10.1 Å². The van der Waals surface area contributed by atoms with Gasteiger partial charge in [0.15, 0.2) is 5.11 Å². The number of aromatic nitrogens is 3. The van der Waals surface area contributed by atoms with Gasteiger partial charge in [0.1, 0.15) is 10.7 Å². The highest BCUT2D eigenvalue weighted by Gasteiger charge is 2.13. The molecule has 9 heteroatoms. The number of rotatable bonds is 8. The van der Waals surface area contributed by atoms with E-state index in [9.17, 15) is 4.79 Å². The number of carbonyl (C=O) groups is 1. The second-order valence-electron chi connectivity index (χ2n) is 6.13. The molecule has 29 heavy (non-hydrogen) atoms. The molecule has 0 aliphatic rings. The first-order valence-corrected chi connectivity index (χ1v) is 10.5. The summed E-state index contributed by atoms with van der Waals surface area (Å²) in [5.41, 5.74) is 1.82. The van der Waals surface area contributed by atoms with Crippen molar-refractivity contribution in [2.24, 2.45) is 0 Å². The van der Waals surface area contributed by atoms with Gasteiger partial charge in [0.25, 0.3) is 5.91 Å². The van der Waals surface area contributed by atoms with Gasteiger partial charge in [-0.25, -0.2) is 9.97 Å². The fraction of sp³-hybridized carbons (Fsp3) is 0.250. The molecule has 0 aliphatic heterocycles. The van der Waals surface area contributed by atoms with Gasteiger partial charge in [-0.1, -0.05) is 19.8 Å². The van der Waals surface area contributed by atoms with Crippen molar-refractivity contribution in [2.45, 2.75) is 26.2 Å². The van der Waals surface area contributed by atoms with Gasteiger partial charge in [-0.15, -0.1) is 11.3 Å². The number of pyridine rings is 2. The molecule has 0 bridgehead atoms. The Kier molecular flexibility index (Phi) is 7.60. The smallest absolute Gasteiger partial charge is 0.276 e. The first-order chi connectivity index (χ1) is 14.2. The van der Waals surface area contributed by atoms with E-state index in [1.54, 1.807) is 36.1 Å². The van der Waals surface area contributed by atoms with Crippen LogP contribution in [-0.2, 0) is 0 Å². The molecule has 3 rings (SSSR count). The lowest BCUT2D eigenvalue weighted by atomic mass is 10.3. The summed E-state index contributed by atoms with van der Waals surface area (Å²) in [7, 11) is 0. The van der Waals surface area contributed by atoms with E-state index < -0.39 is 0 Å². The molecule has 3 heterocycles. The predicted octanol–water partition coefficient (Wildman–Crippen LogP) is 4.30. The Hall–Kier alpha value is -2.91. The van der Waals surface area contributed by atoms with Crippen molar-refractivity contribution in [2.75, 3.05) is 11.9 Å². The molecule has 0 aliphatic carbocycles. The van der Waals surface area contributed by atoms with Crippen molar-refractivity contribution in [1.29, 1.82) is 0 Å². The number of anilines is 1. The van der Waals surface area contributed by atoms with E-state index >= 15 is 0 Å². The number of carbonyl (C=O) groups excluding carboxylic acids is 1. The largest absolute Gasteiger partial charge is 0.478 e. The molecule has 2 N–H and O–H groups in total. The summed E-state index contributed by atoms with van der Waals surface area (Å²) in [6.45, 7) is 2.80. The maximum absolute atomic E-state index is 12.4. The van der Waals surface area contributed by atoms with Gasteiger partial charge in [-0.2, -0.15) is 0 Å². The summed E-state index contributed by atoms with van der Waals surface area (Å²) in [4.78, 5) is 25.0. The van der Waals surface area contributed by atoms with Crippen LogP contribution in [0.5, 0.6) is 5.88 Å². The molecule has 3 aromatic heterocycles. The summed E-state index contributed by atoms with van der Waals surface area (Å²) in [6, 6.07) is 7.28. The standard InChI is InChI=1S/C20H21N5O2S2/c1-2-3-4-10-27-17-8-7-15(12-22-17)23-20(28)25-18(26)16-13-29-19(24-16)14-6-5-9-21-11-14/h5-9,11-13H,2-4,10H2,1H3,(H2,23,25,26,28). The van der Waals surface area contributed by atoms with E-state index in [1.807, 2.05) is 12.1 Å². The molecule has 7 nitrogen and oxygen atoms in total. The van der Waals surface area contributed by atoms with Crippen molar-refractivity contribution >= 4 is 40.3 Å². The van der Waals surface area contributed by atoms with Crippen LogP contribution in [0.3, 0.4) is 0 Å². The zero-order chi connectivity index (χ0) is 20.5. The third-order valence-corrected chi connectivity index (χ3v) is 4.96. The molecular formula is C20H21N5O2S2. The molecule has 0 fully saturated rings. The Balaban J connectivity index is 1.50. The Morgan fingerprint density at radius 3 is 2.86 bits per heavy atom. The van der Waals surface area contributed by atoms with E-state index in [4.69, 9.17) is 17.0 Å². The zero-order valence-corrected chi connectivity index (χ0v) is 17.6. The second kappa shape index (κ2) is 10.6. The van der Waals surface area contributed by atoms with E-state index in [-0.39, 0.29) is 11.0 Å². The van der Waals surface area contributed by atoms with Crippen LogP contribution in [0.15, 0.2) is 48.2 Å². The average molecular weight is 428 g/mol. The third-order valence-electron chi connectivity index (χ3n) is 3.86. The van der Waals surface area contributed by atoms with Gasteiger partial charge in [-0.3, -0.25) is 15.1 Å². The normalized spacial score (nSPS) is 10.4. The van der Waals surface area contributed by atoms with Gasteiger partial charge in [0, 0.05) is 29.4 Å². The van der Waals surface area contributed by atoms with Gasteiger partial charge >= 0.3 is 0 Å². The minimum Gasteiger partial charge on any atom is -0.478 e. The topological polar surface area (TPSA) is 89.0 Å². The van der Waals surface area contributed by atoms with Crippen molar-refractivity contribution in [3.63, 3.8) is 0 Å². The number of nitrogens with one attached hydrogen (secondary N) is 2. The first-order valence-electron chi connectivity index (χ1n) is 9.23. The fourth-order valence-corrected chi connectivity index (χ4v) is 3.40. The Bertz CT molecular complexity index is 945. The molecule has 0 unspecified atom stereocenters. The molecule has 0 saturated heterocycles. The molecule has 1 amide bonds. The number of amides is 1. The molecule has 150 valence electrons. The summed E-state index contributed by atoms with van der Waals surface area (Å²) in [5.74, 6) is 0.185. The minimum absolute atomic E-state index is 0.171. The molecule has 0 saturated carbocycles. The monoisotopic (exact) mass is 427 g/mol. The molecule has 0 radical (unpaired) electrons. The Labute approximate surface area is 178 Å². The summed E-state index contributed by atoms with van der Waals surface area (Å²) in [5, 5.41) is 8.14. The van der Waals surface area contributed by atoms with Crippen LogP contribution < -0.4 is 15.4 Å². The molecule has 0 aromatic carbocycles. The number of hydrogen-bond acceptors (Lipinski definition) is 7. The van der Waals surface area contributed by atoms with Crippen molar-refractivity contribution in [3.05, 3.63) is 53.9 Å². The Morgan fingerprint density at radius 1 is 1.24 bits per heavy atom. The minimum atomic E-state index is -0.377. The lowest BCUT2D eigenvalue weighted by Crippen LogP contribution is -2.34. The lowest BCUT2D eigenvalue weighted by molar-refractivity contribution is 0.0973. The maximum Gasteiger partial charge on any atom is 0.276 e. The fourth-order valence-electron chi connectivity index (χ4n) is 2.40. The second-order valence-corrected chi connectivity index (χ2v) is 7.39. The number of hydrogen-bond donors (Lipinski definition) is 2. The zero-order valence-electron chi connectivity index (χ0n) is 15.9. The SMILES string of the molecule is CCCCCOc1ccc(NC(=S)NC(=O)c2csc(-c3cccnc3)n2)cn1. The molecule has 3 aromatic rings. The highest BCUT2D eigenvalue weighted by atomic mass is 32.1. The van der Waals surface area contributed by atoms with Gasteiger partial charge in [-0.05, 0) is 36.8 Å². The number of unbranched alkanes of at least 4 members (excludes halogenated alkanes) is 2. The van der Waals surface area contributed by atoms with E-state index in [1.165, 1.54) is 11.3 Å². The summed E-state index contributed by atoms with van der Waals surface area (Å²) in [6.07, 6.45) is 8.29. The highest BCUT2D eigenvalue weighted by molar-refractivity contribution is 7.80. The van der Waals surface area contributed by atoms with E-state index in [0.29, 0.717) is 23.9 Å². The summed E-state index contributed by atoms with van der Waals surface area (Å²) < 4.78 is 5.58. The molecular weight excluding hydrogens is 406 g/mol. The third kappa shape index (κ3) is 6.30. The summed E-state index contributed by atoms with van der Waals surface area (Å²) >= 11 is 6.58. The number of ether oxygens (including phenoxy) is 1. The van der Waals surface area contributed by atoms with Crippen molar-refractivity contribution < 1.29 is 9.53 Å². The van der Waals surface area contributed by atoms with Crippen LogP contribution in [0, 0.1) is 0 Å². The van der Waals surface area contributed by atoms with Crippen LogP contribution in [0.2, 0.25) is 0 Å². The van der Waals surface area contributed by atoms with E-state index in [2.05, 4.69) is 32.5 Å². The Morgan fingerprint density at radius 2 is 2.14 bits per heavy atom. The quantitative estimate of drug-likeness (QED) is 0.409. The molecule has 0 spiro atoms. The van der Waals surface area contributed by atoms with Crippen LogP contribution in [0.4, 0.5) is 5.69 Å².